The van der Waals surface area contributed by atoms with Crippen molar-refractivity contribution in [2.75, 3.05) is 51.4 Å². The van der Waals surface area contributed by atoms with Crippen LogP contribution in [0.25, 0.3) is 0 Å². The molecule has 1 saturated heterocycles. The Hall–Kier alpha value is 0.270. The Morgan fingerprint density at radius 3 is 2.54 bits per heavy atom. The van der Waals surface area contributed by atoms with E-state index in [-0.39, 0.29) is 30.0 Å². The molecule has 142 valence electrons. The van der Waals surface area contributed by atoms with Crippen LogP contribution in [0, 0.1) is 0 Å². The van der Waals surface area contributed by atoms with E-state index in [1.807, 2.05) is 0 Å². The number of guanidine groups is 1. The van der Waals surface area contributed by atoms with Crippen molar-refractivity contribution in [1.82, 2.24) is 15.5 Å². The van der Waals surface area contributed by atoms with Gasteiger partial charge in [-0.2, -0.15) is 11.8 Å². The maximum atomic E-state index is 5.22. The van der Waals surface area contributed by atoms with Gasteiger partial charge < -0.3 is 15.4 Å². The van der Waals surface area contributed by atoms with E-state index in [1.54, 1.807) is 7.11 Å². The molecule has 1 aliphatic carbocycles. The second-order valence-electron chi connectivity index (χ2n) is 6.73. The van der Waals surface area contributed by atoms with Crippen LogP contribution in [0.1, 0.15) is 39.5 Å². The number of aliphatic imine (C=N–C) groups is 1. The minimum absolute atomic E-state index is 0. The average molecular weight is 470 g/mol. The fourth-order valence-corrected chi connectivity index (χ4v) is 4.62. The minimum atomic E-state index is 0. The number of nitrogens with zero attached hydrogens (tertiary/aromatic N) is 2. The van der Waals surface area contributed by atoms with Crippen molar-refractivity contribution in [1.29, 1.82) is 0 Å². The highest BCUT2D eigenvalue weighted by Gasteiger charge is 2.39. The van der Waals surface area contributed by atoms with Crippen LogP contribution >= 0.6 is 35.7 Å². The Bertz CT molecular complexity index is 372. The first kappa shape index (κ1) is 22.3. The number of ether oxygens (including phenoxy) is 1. The van der Waals surface area contributed by atoms with Crippen molar-refractivity contribution in [3.8, 4) is 0 Å². The molecule has 1 atom stereocenters. The largest absolute Gasteiger partial charge is 0.383 e. The third kappa shape index (κ3) is 6.53. The molecule has 1 heterocycles. The van der Waals surface area contributed by atoms with Crippen molar-refractivity contribution < 1.29 is 4.74 Å². The lowest BCUT2D eigenvalue weighted by molar-refractivity contribution is 0.112. The Morgan fingerprint density at radius 2 is 1.96 bits per heavy atom. The van der Waals surface area contributed by atoms with Crippen LogP contribution in [0.5, 0.6) is 0 Å². The van der Waals surface area contributed by atoms with E-state index in [0.29, 0.717) is 12.1 Å². The molecule has 0 bridgehead atoms. The molecule has 1 aliphatic heterocycles. The van der Waals surface area contributed by atoms with Gasteiger partial charge in [-0.15, -0.1) is 24.0 Å². The quantitative estimate of drug-likeness (QED) is 0.340. The van der Waals surface area contributed by atoms with E-state index in [1.165, 1.54) is 50.3 Å². The summed E-state index contributed by atoms with van der Waals surface area (Å²) in [7, 11) is 1.74. The summed E-state index contributed by atoms with van der Waals surface area (Å²) >= 11 is 2.09. The zero-order valence-corrected chi connectivity index (χ0v) is 18.6. The maximum Gasteiger partial charge on any atom is 0.191 e. The molecule has 2 fully saturated rings. The zero-order valence-electron chi connectivity index (χ0n) is 15.5. The van der Waals surface area contributed by atoms with Crippen LogP contribution in [0.2, 0.25) is 0 Å². The molecular formula is C17H35IN4OS. The fourth-order valence-electron chi connectivity index (χ4n) is 3.72. The van der Waals surface area contributed by atoms with E-state index in [9.17, 15) is 0 Å². The first-order valence-electron chi connectivity index (χ1n) is 9.07. The molecule has 2 N–H and O–H groups in total. The molecule has 1 saturated carbocycles. The van der Waals surface area contributed by atoms with Gasteiger partial charge in [0, 0.05) is 49.8 Å². The summed E-state index contributed by atoms with van der Waals surface area (Å²) in [5.74, 6) is 3.47. The van der Waals surface area contributed by atoms with Gasteiger partial charge in [0.05, 0.1) is 13.2 Å². The second-order valence-corrected chi connectivity index (χ2v) is 7.95. The number of hydrogen-bond acceptors (Lipinski definition) is 4. The van der Waals surface area contributed by atoms with E-state index < -0.39 is 0 Å². The molecule has 0 aromatic carbocycles. The van der Waals surface area contributed by atoms with Gasteiger partial charge in [-0.3, -0.25) is 9.89 Å². The lowest BCUT2D eigenvalue weighted by Crippen LogP contribution is -2.53. The lowest BCUT2D eigenvalue weighted by Gasteiger charge is -2.42. The van der Waals surface area contributed by atoms with Gasteiger partial charge in [0.1, 0.15) is 0 Å². The highest BCUT2D eigenvalue weighted by atomic mass is 127. The van der Waals surface area contributed by atoms with Gasteiger partial charge in [0.2, 0.25) is 0 Å². The van der Waals surface area contributed by atoms with Crippen LogP contribution < -0.4 is 10.6 Å². The Morgan fingerprint density at radius 1 is 1.29 bits per heavy atom. The van der Waals surface area contributed by atoms with Crippen molar-refractivity contribution in [3.63, 3.8) is 0 Å². The van der Waals surface area contributed by atoms with Gasteiger partial charge >= 0.3 is 0 Å². The number of rotatable bonds is 7. The molecule has 7 heteroatoms. The maximum absolute atomic E-state index is 5.22. The number of nitrogens with one attached hydrogen (secondary N) is 2. The average Bonchev–Trinajstić information content (AvgIpc) is 3.04. The fraction of sp³-hybridized carbons (Fsp3) is 0.941. The molecule has 1 unspecified atom stereocenters. The van der Waals surface area contributed by atoms with Crippen molar-refractivity contribution in [3.05, 3.63) is 0 Å². The van der Waals surface area contributed by atoms with Crippen LogP contribution in [-0.2, 0) is 4.74 Å². The summed E-state index contributed by atoms with van der Waals surface area (Å²) in [6.07, 6.45) is 5.30. The molecule has 2 aliphatic rings. The smallest absolute Gasteiger partial charge is 0.191 e. The van der Waals surface area contributed by atoms with Crippen LogP contribution in [-0.4, -0.2) is 73.8 Å². The summed E-state index contributed by atoms with van der Waals surface area (Å²) in [5.41, 5.74) is 0.299. The highest BCUT2D eigenvalue weighted by Crippen LogP contribution is 2.37. The van der Waals surface area contributed by atoms with Gasteiger partial charge in [-0.05, 0) is 26.7 Å². The molecule has 2 rings (SSSR count). The standard InChI is InChI=1S/C17H34N4OS.HI/c1-4-18-16(20-15(2)13-22-3)19-14-17(7-5-6-8-17)21-9-11-23-12-10-21;/h15H,4-14H2,1-3H3,(H2,18,19,20);1H. The molecule has 0 aromatic rings. The molecule has 0 amide bonds. The summed E-state index contributed by atoms with van der Waals surface area (Å²) in [6, 6.07) is 0.267. The van der Waals surface area contributed by atoms with Crippen molar-refractivity contribution in [2.45, 2.75) is 51.1 Å². The third-order valence-electron chi connectivity index (χ3n) is 4.89. The summed E-state index contributed by atoms with van der Waals surface area (Å²) in [5, 5.41) is 6.83. The Balaban J connectivity index is 0.00000288. The van der Waals surface area contributed by atoms with Gasteiger partial charge in [-0.25, -0.2) is 0 Å². The number of hydrogen-bond donors (Lipinski definition) is 2. The van der Waals surface area contributed by atoms with E-state index in [2.05, 4.69) is 41.1 Å². The van der Waals surface area contributed by atoms with E-state index in [0.717, 1.165) is 19.0 Å². The normalized spacial score (nSPS) is 22.7. The third-order valence-corrected chi connectivity index (χ3v) is 5.83. The summed E-state index contributed by atoms with van der Waals surface area (Å²) in [4.78, 5) is 7.68. The minimum Gasteiger partial charge on any atom is -0.383 e. The second kappa shape index (κ2) is 11.8. The number of methoxy groups -OCH3 is 1. The molecule has 24 heavy (non-hydrogen) atoms. The van der Waals surface area contributed by atoms with Crippen LogP contribution in [0.3, 0.4) is 0 Å². The first-order valence-corrected chi connectivity index (χ1v) is 10.2. The molecule has 0 aromatic heterocycles. The van der Waals surface area contributed by atoms with Crippen molar-refractivity contribution in [2.24, 2.45) is 4.99 Å². The molecule has 0 radical (unpaired) electrons. The van der Waals surface area contributed by atoms with Gasteiger partial charge in [0.25, 0.3) is 0 Å². The van der Waals surface area contributed by atoms with Gasteiger partial charge in [0.15, 0.2) is 5.96 Å². The zero-order chi connectivity index (χ0) is 16.5. The molecular weight excluding hydrogens is 435 g/mol. The molecule has 0 spiro atoms. The lowest BCUT2D eigenvalue weighted by atomic mass is 9.95. The van der Waals surface area contributed by atoms with Crippen LogP contribution in [0.4, 0.5) is 0 Å². The topological polar surface area (TPSA) is 48.9 Å². The summed E-state index contributed by atoms with van der Waals surface area (Å²) in [6.45, 7) is 9.19. The van der Waals surface area contributed by atoms with Crippen molar-refractivity contribution >= 4 is 41.7 Å². The monoisotopic (exact) mass is 470 g/mol. The van der Waals surface area contributed by atoms with E-state index >= 15 is 0 Å². The van der Waals surface area contributed by atoms with E-state index in [4.69, 9.17) is 9.73 Å². The SMILES string of the molecule is CCNC(=NCC1(N2CCSCC2)CCCC1)NC(C)COC.I. The molecule has 5 nitrogen and oxygen atoms in total. The predicted octanol–water partition coefficient (Wildman–Crippen LogP) is 2.56. The number of thioether (sulfide) groups is 1. The highest BCUT2D eigenvalue weighted by molar-refractivity contribution is 14.0. The summed E-state index contributed by atoms with van der Waals surface area (Å²) < 4.78 is 5.22. The Kier molecular flexibility index (Phi) is 11.0. The van der Waals surface area contributed by atoms with Gasteiger partial charge in [-0.1, -0.05) is 12.8 Å². The number of halogens is 1. The van der Waals surface area contributed by atoms with Crippen LogP contribution in [0.15, 0.2) is 4.99 Å². The first-order chi connectivity index (χ1) is 11.2. The Labute approximate surface area is 169 Å². The predicted molar refractivity (Wildman–Crippen MR) is 116 cm³/mol.